The summed E-state index contributed by atoms with van der Waals surface area (Å²) in [5.41, 5.74) is 1.34. The largest absolute Gasteiger partial charge is 0.305 e. The lowest BCUT2D eigenvalue weighted by Gasteiger charge is -2.16. The zero-order valence-corrected chi connectivity index (χ0v) is 14.3. The molecule has 2 aromatic heterocycles. The molecular weight excluding hydrogens is 350 g/mol. The second-order valence-electron chi connectivity index (χ2n) is 4.13. The maximum Gasteiger partial charge on any atom is 0.0888 e. The third-order valence-electron chi connectivity index (χ3n) is 2.71. The molecule has 1 N–H and O–H groups in total. The monoisotopic (exact) mass is 363 g/mol. The Morgan fingerprint density at radius 1 is 1.50 bits per heavy atom. The van der Waals surface area contributed by atoms with Gasteiger partial charge in [-0.15, -0.1) is 22.7 Å². The first-order chi connectivity index (χ1) is 8.63. The fourth-order valence-electron chi connectivity index (χ4n) is 1.80. The van der Waals surface area contributed by atoms with E-state index in [1.165, 1.54) is 15.3 Å². The first-order valence-electron chi connectivity index (χ1n) is 5.85. The number of halogens is 2. The molecule has 0 amide bonds. The fourth-order valence-corrected chi connectivity index (χ4v) is 4.72. The van der Waals surface area contributed by atoms with Gasteiger partial charge in [0.1, 0.15) is 0 Å². The maximum absolute atomic E-state index is 6.15. The minimum Gasteiger partial charge on any atom is -0.305 e. The van der Waals surface area contributed by atoms with Crippen molar-refractivity contribution in [3.8, 4) is 0 Å². The molecule has 0 fully saturated rings. The van der Waals surface area contributed by atoms with Gasteiger partial charge in [-0.1, -0.05) is 18.5 Å². The molecule has 0 aliphatic carbocycles. The van der Waals surface area contributed by atoms with Crippen LogP contribution >= 0.6 is 50.2 Å². The van der Waals surface area contributed by atoms with E-state index in [0.717, 1.165) is 21.8 Å². The van der Waals surface area contributed by atoms with E-state index in [9.17, 15) is 0 Å². The number of nitrogens with one attached hydrogen (secondary N) is 1. The smallest absolute Gasteiger partial charge is 0.0888 e. The van der Waals surface area contributed by atoms with Crippen molar-refractivity contribution in [1.29, 1.82) is 0 Å². The van der Waals surface area contributed by atoms with Gasteiger partial charge in [0, 0.05) is 9.75 Å². The molecule has 2 aromatic rings. The molecule has 0 aliphatic rings. The van der Waals surface area contributed by atoms with Gasteiger partial charge < -0.3 is 5.32 Å². The van der Waals surface area contributed by atoms with Crippen LogP contribution in [0.25, 0.3) is 0 Å². The number of aryl methyl sites for hydroxylation is 1. The average molecular weight is 365 g/mol. The van der Waals surface area contributed by atoms with Crippen molar-refractivity contribution in [1.82, 2.24) is 5.32 Å². The van der Waals surface area contributed by atoms with Crippen LogP contribution in [0.2, 0.25) is 5.02 Å². The van der Waals surface area contributed by atoms with Crippen molar-refractivity contribution in [3.05, 3.63) is 41.6 Å². The molecule has 0 aromatic carbocycles. The van der Waals surface area contributed by atoms with Crippen LogP contribution < -0.4 is 5.32 Å². The number of hydrogen-bond acceptors (Lipinski definition) is 3. The van der Waals surface area contributed by atoms with E-state index in [1.54, 1.807) is 22.7 Å². The van der Waals surface area contributed by atoms with Gasteiger partial charge in [0.05, 0.1) is 14.9 Å². The quantitative estimate of drug-likeness (QED) is 0.725. The first-order valence-corrected chi connectivity index (χ1v) is 8.72. The molecule has 1 atom stereocenters. The van der Waals surface area contributed by atoms with Crippen LogP contribution in [-0.4, -0.2) is 6.54 Å². The molecular formula is C13H15BrClNS2. The molecule has 0 saturated carbocycles. The highest BCUT2D eigenvalue weighted by atomic mass is 79.9. The second-order valence-corrected chi connectivity index (χ2v) is 7.88. The zero-order chi connectivity index (χ0) is 13.1. The van der Waals surface area contributed by atoms with E-state index >= 15 is 0 Å². The van der Waals surface area contributed by atoms with Crippen LogP contribution in [0.3, 0.4) is 0 Å². The van der Waals surface area contributed by atoms with E-state index in [2.05, 4.69) is 52.6 Å². The predicted octanol–water partition coefficient (Wildman–Crippen LogP) is 5.62. The Labute approximate surface area is 129 Å². The molecule has 18 heavy (non-hydrogen) atoms. The molecule has 0 radical (unpaired) electrons. The maximum atomic E-state index is 6.15. The van der Waals surface area contributed by atoms with Gasteiger partial charge in [-0.25, -0.2) is 0 Å². The lowest BCUT2D eigenvalue weighted by atomic mass is 10.1. The van der Waals surface area contributed by atoms with Gasteiger partial charge in [0.15, 0.2) is 0 Å². The predicted molar refractivity (Wildman–Crippen MR) is 86.2 cm³/mol. The summed E-state index contributed by atoms with van der Waals surface area (Å²) < 4.78 is 1.01. The van der Waals surface area contributed by atoms with Crippen molar-refractivity contribution in [2.45, 2.75) is 26.3 Å². The van der Waals surface area contributed by atoms with Crippen LogP contribution in [0.5, 0.6) is 0 Å². The highest BCUT2D eigenvalue weighted by molar-refractivity contribution is 9.11. The summed E-state index contributed by atoms with van der Waals surface area (Å²) in [5, 5.41) is 6.56. The van der Waals surface area contributed by atoms with Crippen molar-refractivity contribution in [2.24, 2.45) is 0 Å². The number of thiophene rings is 2. The SMILES string of the molecule is CCCNC(c1cc(Cl)c(Br)s1)c1sccc1C. The molecule has 1 nitrogen and oxygen atoms in total. The summed E-state index contributed by atoms with van der Waals surface area (Å²) in [4.78, 5) is 2.65. The number of rotatable bonds is 5. The van der Waals surface area contributed by atoms with Crippen LogP contribution in [0, 0.1) is 6.92 Å². The molecule has 0 bridgehead atoms. The van der Waals surface area contributed by atoms with Crippen molar-refractivity contribution in [2.75, 3.05) is 6.54 Å². The average Bonchev–Trinajstić information content (AvgIpc) is 2.88. The molecule has 2 heterocycles. The molecule has 5 heteroatoms. The topological polar surface area (TPSA) is 12.0 Å². The van der Waals surface area contributed by atoms with E-state index < -0.39 is 0 Å². The molecule has 0 saturated heterocycles. The van der Waals surface area contributed by atoms with Gasteiger partial charge in [-0.2, -0.15) is 0 Å². The van der Waals surface area contributed by atoms with Gasteiger partial charge in [-0.05, 0) is 58.9 Å². The first kappa shape index (κ1) is 14.5. The van der Waals surface area contributed by atoms with Crippen molar-refractivity contribution in [3.63, 3.8) is 0 Å². The highest BCUT2D eigenvalue weighted by Crippen LogP contribution is 2.39. The van der Waals surface area contributed by atoms with Crippen molar-refractivity contribution < 1.29 is 0 Å². The summed E-state index contributed by atoms with van der Waals surface area (Å²) in [5.74, 6) is 0. The van der Waals surface area contributed by atoms with E-state index in [1.807, 2.05) is 0 Å². The van der Waals surface area contributed by atoms with Gasteiger partial charge >= 0.3 is 0 Å². The molecule has 0 spiro atoms. The summed E-state index contributed by atoms with van der Waals surface area (Å²) in [6.45, 7) is 5.36. The number of hydrogen-bond donors (Lipinski definition) is 1. The van der Waals surface area contributed by atoms with Gasteiger partial charge in [0.25, 0.3) is 0 Å². The van der Waals surface area contributed by atoms with Gasteiger partial charge in [-0.3, -0.25) is 0 Å². The zero-order valence-electron chi connectivity index (χ0n) is 10.3. The Morgan fingerprint density at radius 2 is 2.28 bits per heavy atom. The van der Waals surface area contributed by atoms with Crippen LogP contribution in [0.1, 0.15) is 34.7 Å². The molecule has 98 valence electrons. The molecule has 0 aliphatic heterocycles. The normalized spacial score (nSPS) is 12.9. The van der Waals surface area contributed by atoms with Gasteiger partial charge in [0.2, 0.25) is 0 Å². The minimum absolute atomic E-state index is 0.263. The van der Waals surface area contributed by atoms with Crippen LogP contribution in [0.4, 0.5) is 0 Å². The summed E-state index contributed by atoms with van der Waals surface area (Å²) >= 11 is 13.2. The van der Waals surface area contributed by atoms with Crippen LogP contribution in [0.15, 0.2) is 21.3 Å². The fraction of sp³-hybridized carbons (Fsp3) is 0.385. The third-order valence-corrected chi connectivity index (χ3v) is 6.33. The Morgan fingerprint density at radius 3 is 2.78 bits per heavy atom. The summed E-state index contributed by atoms with van der Waals surface area (Å²) in [6.07, 6.45) is 1.13. The highest BCUT2D eigenvalue weighted by Gasteiger charge is 2.20. The molecule has 1 unspecified atom stereocenters. The van der Waals surface area contributed by atoms with Crippen LogP contribution in [-0.2, 0) is 0 Å². The van der Waals surface area contributed by atoms with Crippen molar-refractivity contribution >= 4 is 50.2 Å². The Balaban J connectivity index is 2.33. The summed E-state index contributed by atoms with van der Waals surface area (Å²) in [7, 11) is 0. The standard InChI is InChI=1S/C13H15BrClNS2/c1-3-5-16-11(12-8(2)4-6-17-12)10-7-9(15)13(14)18-10/h4,6-7,11,16H,3,5H2,1-2H3. The van der Waals surface area contributed by atoms with E-state index in [0.29, 0.717) is 0 Å². The lowest BCUT2D eigenvalue weighted by Crippen LogP contribution is -2.22. The Hall–Kier alpha value is 0.130. The Bertz CT molecular complexity index is 501. The molecule has 2 rings (SSSR count). The van der Waals surface area contributed by atoms with E-state index in [-0.39, 0.29) is 6.04 Å². The Kier molecular flexibility index (Phi) is 5.27. The minimum atomic E-state index is 0.263. The third kappa shape index (κ3) is 3.17. The lowest BCUT2D eigenvalue weighted by molar-refractivity contribution is 0.611. The summed E-state index contributed by atoms with van der Waals surface area (Å²) in [6, 6.07) is 4.49. The van der Waals surface area contributed by atoms with E-state index in [4.69, 9.17) is 11.6 Å². The second kappa shape index (κ2) is 6.53.